The Labute approximate surface area is 219 Å². The zero-order chi connectivity index (χ0) is 27.1. The molecule has 38 heavy (non-hydrogen) atoms. The van der Waals surface area contributed by atoms with Gasteiger partial charge >= 0.3 is 5.56 Å². The first-order valence-electron chi connectivity index (χ1n) is 11.9. The maximum Gasteiger partial charge on any atom is 0.302 e. The molecule has 0 radical (unpaired) electrons. The number of rotatable bonds is 6. The maximum atomic E-state index is 13.6. The Kier molecular flexibility index (Phi) is 6.71. The van der Waals surface area contributed by atoms with Gasteiger partial charge in [0, 0.05) is 48.5 Å². The summed E-state index contributed by atoms with van der Waals surface area (Å²) in [5, 5.41) is 10.9. The quantitative estimate of drug-likeness (QED) is 0.379. The molecule has 4 heterocycles. The number of primary amides is 1. The molecule has 1 saturated heterocycles. The van der Waals surface area contributed by atoms with E-state index in [1.807, 2.05) is 13.8 Å². The van der Waals surface area contributed by atoms with Crippen LogP contribution in [0.4, 0.5) is 4.39 Å². The fraction of sp³-hybridized carbons (Fsp3) is 0.320. The summed E-state index contributed by atoms with van der Waals surface area (Å²) in [5.74, 6) is -1.87. The summed E-state index contributed by atoms with van der Waals surface area (Å²) in [5.41, 5.74) is 5.24. The Bertz CT molecular complexity index is 1600. The molecule has 11 nitrogen and oxygen atoms in total. The highest BCUT2D eigenvalue weighted by molar-refractivity contribution is 7.15. The van der Waals surface area contributed by atoms with E-state index in [1.165, 1.54) is 28.9 Å². The van der Waals surface area contributed by atoms with Crippen LogP contribution in [0.1, 0.15) is 34.6 Å². The van der Waals surface area contributed by atoms with Crippen LogP contribution in [0.3, 0.4) is 0 Å². The smallest absolute Gasteiger partial charge is 0.302 e. The molecular formula is C25H25FN6O5S. The highest BCUT2D eigenvalue weighted by Crippen LogP contribution is 2.30. The van der Waals surface area contributed by atoms with E-state index in [2.05, 4.69) is 9.97 Å². The predicted octanol–water partition coefficient (Wildman–Crippen LogP) is 1.79. The minimum absolute atomic E-state index is 0.0264. The Morgan fingerprint density at radius 1 is 1.24 bits per heavy atom. The largest absolute Gasteiger partial charge is 0.501 e. The van der Waals surface area contributed by atoms with Crippen molar-refractivity contribution in [3.8, 4) is 16.5 Å². The summed E-state index contributed by atoms with van der Waals surface area (Å²) in [6.45, 7) is 4.70. The number of aromatic nitrogens is 4. The lowest BCUT2D eigenvalue weighted by Gasteiger charge is -2.35. The van der Waals surface area contributed by atoms with E-state index in [4.69, 9.17) is 10.5 Å². The lowest BCUT2D eigenvalue weighted by atomic mass is 10.0. The summed E-state index contributed by atoms with van der Waals surface area (Å²) < 4.78 is 22.0. The van der Waals surface area contributed by atoms with Gasteiger partial charge in [0.1, 0.15) is 17.4 Å². The van der Waals surface area contributed by atoms with Gasteiger partial charge in [-0.1, -0.05) is 6.07 Å². The number of ether oxygens (including phenoxy) is 1. The number of hydrogen-bond donors (Lipinski definition) is 2. The first-order valence-corrected chi connectivity index (χ1v) is 12.7. The van der Waals surface area contributed by atoms with Crippen molar-refractivity contribution in [2.24, 2.45) is 5.73 Å². The van der Waals surface area contributed by atoms with Crippen molar-refractivity contribution in [2.45, 2.75) is 39.0 Å². The number of hydrogen-bond acceptors (Lipinski definition) is 8. The summed E-state index contributed by atoms with van der Waals surface area (Å²) in [7, 11) is 0. The van der Waals surface area contributed by atoms with E-state index in [0.29, 0.717) is 23.5 Å². The number of nitrogens with two attached hydrogens (primary N) is 1. The van der Waals surface area contributed by atoms with Crippen molar-refractivity contribution in [1.29, 1.82) is 0 Å². The molecule has 13 heteroatoms. The molecule has 4 aromatic rings. The van der Waals surface area contributed by atoms with Crippen molar-refractivity contribution in [1.82, 2.24) is 23.8 Å². The van der Waals surface area contributed by atoms with Gasteiger partial charge in [-0.2, -0.15) is 0 Å². The van der Waals surface area contributed by atoms with E-state index in [0.717, 1.165) is 17.4 Å². The minimum Gasteiger partial charge on any atom is -0.501 e. The summed E-state index contributed by atoms with van der Waals surface area (Å²) >= 11 is 1.16. The second-order valence-corrected chi connectivity index (χ2v) is 10.4. The van der Waals surface area contributed by atoms with E-state index in [1.54, 1.807) is 15.7 Å². The van der Waals surface area contributed by atoms with Gasteiger partial charge in [0.2, 0.25) is 23.3 Å². The number of imidazole rings is 1. The fourth-order valence-corrected chi connectivity index (χ4v) is 5.51. The normalized spacial score (nSPS) is 17.7. The summed E-state index contributed by atoms with van der Waals surface area (Å²) in [6, 6.07) is 3.79. The third-order valence-corrected chi connectivity index (χ3v) is 7.27. The van der Waals surface area contributed by atoms with E-state index < -0.39 is 23.0 Å². The van der Waals surface area contributed by atoms with E-state index >= 15 is 0 Å². The molecule has 2 unspecified atom stereocenters. The number of nitrogens with zero attached hydrogens (tertiary/aromatic N) is 5. The Hall–Kier alpha value is -4.10. The van der Waals surface area contributed by atoms with Crippen molar-refractivity contribution in [3.63, 3.8) is 0 Å². The highest BCUT2D eigenvalue weighted by Gasteiger charge is 2.27. The van der Waals surface area contributed by atoms with Crippen molar-refractivity contribution >= 4 is 28.9 Å². The number of carbonyl (C=O) groups is 2. The molecule has 0 saturated carbocycles. The number of carbonyl (C=O) groups excluding carboxylic acids is 2. The van der Waals surface area contributed by atoms with Crippen LogP contribution in [0.5, 0.6) is 5.75 Å². The van der Waals surface area contributed by atoms with Gasteiger partial charge in [-0.25, -0.2) is 18.8 Å². The van der Waals surface area contributed by atoms with Crippen LogP contribution in [0.15, 0.2) is 41.6 Å². The van der Waals surface area contributed by atoms with E-state index in [9.17, 15) is 23.9 Å². The number of thiazole rings is 1. The standard InChI is InChI=1S/C25H25FN6O5S/c1-13-10-31(11-14(2)37-13)19(33)12-30-5-6-32-24(36)21(34)20(29-25(30)32)23-28-9-17(38-23)7-15-3-4-16(26)8-18(15)22(27)35/h3-6,8-9,13-14,34H,7,10-12H2,1-2H3,(H2,27,35). The van der Waals surface area contributed by atoms with Crippen LogP contribution in [0, 0.1) is 5.82 Å². The zero-order valence-electron chi connectivity index (χ0n) is 20.6. The Balaban J connectivity index is 1.45. The van der Waals surface area contributed by atoms with Gasteiger partial charge < -0.3 is 25.0 Å². The average Bonchev–Trinajstić information content (AvgIpc) is 3.49. The molecule has 5 rings (SSSR count). The van der Waals surface area contributed by atoms with Crippen LogP contribution in [0.25, 0.3) is 16.5 Å². The van der Waals surface area contributed by atoms with Crippen LogP contribution in [-0.4, -0.2) is 66.1 Å². The fourth-order valence-electron chi connectivity index (χ4n) is 4.58. The molecule has 3 N–H and O–H groups in total. The van der Waals surface area contributed by atoms with Crippen molar-refractivity contribution < 1.29 is 23.8 Å². The van der Waals surface area contributed by atoms with Gasteiger partial charge in [-0.15, -0.1) is 11.3 Å². The lowest BCUT2D eigenvalue weighted by Crippen LogP contribution is -2.49. The number of amides is 2. The summed E-state index contributed by atoms with van der Waals surface area (Å²) in [6.07, 6.45) is 4.60. The Morgan fingerprint density at radius 3 is 2.68 bits per heavy atom. The monoisotopic (exact) mass is 540 g/mol. The van der Waals surface area contributed by atoms with Gasteiger partial charge in [-0.3, -0.25) is 14.4 Å². The van der Waals surface area contributed by atoms with Gasteiger partial charge in [0.15, 0.2) is 5.69 Å². The molecule has 0 bridgehead atoms. The van der Waals surface area contributed by atoms with Crippen molar-refractivity contribution in [3.05, 3.63) is 69.0 Å². The Morgan fingerprint density at radius 2 is 1.97 bits per heavy atom. The van der Waals surface area contributed by atoms with Crippen LogP contribution < -0.4 is 11.3 Å². The van der Waals surface area contributed by atoms with E-state index in [-0.39, 0.29) is 53.1 Å². The third kappa shape index (κ3) is 4.89. The number of benzene rings is 1. The number of halogens is 1. The molecule has 1 aliphatic rings. The SMILES string of the molecule is CC1CN(C(=O)Cn2ccn3c(=O)c(O)c(-c4ncc(Cc5ccc(F)cc5C(N)=O)s4)nc23)CC(C)O1. The van der Waals surface area contributed by atoms with Crippen molar-refractivity contribution in [2.75, 3.05) is 13.1 Å². The molecule has 2 amide bonds. The second-order valence-electron chi connectivity index (χ2n) is 9.24. The van der Waals surface area contributed by atoms with Gasteiger partial charge in [0.05, 0.1) is 12.2 Å². The molecule has 0 spiro atoms. The average molecular weight is 541 g/mol. The predicted molar refractivity (Wildman–Crippen MR) is 137 cm³/mol. The first kappa shape index (κ1) is 25.5. The maximum absolute atomic E-state index is 13.6. The highest BCUT2D eigenvalue weighted by atomic mass is 32.1. The number of aromatic hydroxyl groups is 1. The van der Waals surface area contributed by atoms with Gasteiger partial charge in [-0.05, 0) is 31.5 Å². The van der Waals surface area contributed by atoms with Crippen LogP contribution in [0.2, 0.25) is 0 Å². The molecule has 1 aromatic carbocycles. The van der Waals surface area contributed by atoms with Gasteiger partial charge in [0.25, 0.3) is 0 Å². The molecule has 3 aromatic heterocycles. The molecule has 1 aliphatic heterocycles. The molecule has 2 atom stereocenters. The second kappa shape index (κ2) is 9.99. The molecule has 1 fully saturated rings. The third-order valence-electron chi connectivity index (χ3n) is 6.26. The summed E-state index contributed by atoms with van der Waals surface area (Å²) in [4.78, 5) is 48.8. The number of fused-ring (bicyclic) bond motifs is 1. The zero-order valence-corrected chi connectivity index (χ0v) is 21.4. The molecular weight excluding hydrogens is 515 g/mol. The topological polar surface area (TPSA) is 145 Å². The van der Waals surface area contributed by atoms with Crippen LogP contribution in [-0.2, 0) is 22.5 Å². The minimum atomic E-state index is -0.752. The molecule has 0 aliphatic carbocycles. The first-order chi connectivity index (χ1) is 18.1. The number of morpholine rings is 1. The van der Waals surface area contributed by atoms with Crippen LogP contribution >= 0.6 is 11.3 Å². The molecule has 198 valence electrons. The lowest BCUT2D eigenvalue weighted by molar-refractivity contribution is -0.143.